The van der Waals surface area contributed by atoms with Gasteiger partial charge in [0.25, 0.3) is 0 Å². The average Bonchev–Trinajstić information content (AvgIpc) is 3.08. The molecule has 160 valence electrons. The molecule has 0 saturated carbocycles. The van der Waals surface area contributed by atoms with Crippen LogP contribution in [0.4, 0.5) is 15.3 Å². The summed E-state index contributed by atoms with van der Waals surface area (Å²) in [7, 11) is 3.23. The van der Waals surface area contributed by atoms with E-state index in [1.54, 1.807) is 44.5 Å². The Morgan fingerprint density at radius 1 is 1.07 bits per heavy atom. The molecule has 2 amide bonds. The Kier molecular flexibility index (Phi) is 6.20. The molecule has 0 aliphatic heterocycles. The van der Waals surface area contributed by atoms with Crippen LogP contribution in [0, 0.1) is 0 Å². The summed E-state index contributed by atoms with van der Waals surface area (Å²) in [4.78, 5) is 26.1. The van der Waals surface area contributed by atoms with E-state index in [4.69, 9.17) is 14.2 Å². The van der Waals surface area contributed by atoms with Crippen LogP contribution < -0.4 is 19.7 Å². The Labute approximate surface area is 176 Å². The summed E-state index contributed by atoms with van der Waals surface area (Å²) in [5.41, 5.74) is 2.19. The summed E-state index contributed by atoms with van der Waals surface area (Å²) in [6, 6.07) is 12.5. The lowest BCUT2D eigenvalue weighted by molar-refractivity contribution is 0.0503. The number of nitrogens with one attached hydrogen (secondary N) is 1. The fourth-order valence-electron chi connectivity index (χ4n) is 3.32. The van der Waals surface area contributed by atoms with E-state index in [1.807, 2.05) is 32.9 Å². The molecule has 7 heteroatoms. The van der Waals surface area contributed by atoms with Crippen molar-refractivity contribution in [1.82, 2.24) is 5.32 Å². The van der Waals surface area contributed by atoms with Gasteiger partial charge in [-0.05, 0) is 81.1 Å². The van der Waals surface area contributed by atoms with Gasteiger partial charge in [0.05, 0.1) is 13.2 Å². The van der Waals surface area contributed by atoms with Gasteiger partial charge >= 0.3 is 12.2 Å². The van der Waals surface area contributed by atoms with Gasteiger partial charge in [-0.15, -0.1) is 0 Å². The van der Waals surface area contributed by atoms with Crippen LogP contribution in [0.1, 0.15) is 44.4 Å². The van der Waals surface area contributed by atoms with Gasteiger partial charge < -0.3 is 19.5 Å². The molecule has 0 heterocycles. The molecule has 2 aromatic carbocycles. The number of aryl methyl sites for hydroxylation is 1. The monoisotopic (exact) mass is 412 g/mol. The van der Waals surface area contributed by atoms with Crippen LogP contribution in [0.5, 0.6) is 11.5 Å². The second kappa shape index (κ2) is 8.65. The Bertz CT molecular complexity index is 918. The lowest BCUT2D eigenvalue weighted by atomic mass is 10.1. The van der Waals surface area contributed by atoms with Crippen LogP contribution in [0.2, 0.25) is 0 Å². The highest BCUT2D eigenvalue weighted by atomic mass is 16.6. The number of ether oxygens (including phenoxy) is 3. The second-order valence-electron chi connectivity index (χ2n) is 8.22. The maximum Gasteiger partial charge on any atom is 0.419 e. The summed E-state index contributed by atoms with van der Waals surface area (Å²) in [5, 5.41) is 2.91. The largest absolute Gasteiger partial charge is 0.497 e. The van der Waals surface area contributed by atoms with Gasteiger partial charge in [-0.1, -0.05) is 6.07 Å². The van der Waals surface area contributed by atoms with Crippen molar-refractivity contribution in [2.75, 3.05) is 19.1 Å². The lowest BCUT2D eigenvalue weighted by Gasteiger charge is -2.22. The molecule has 0 saturated heterocycles. The molecule has 7 nitrogen and oxygen atoms in total. The number of alkyl carbamates (subject to hydrolysis) is 1. The highest BCUT2D eigenvalue weighted by Crippen LogP contribution is 2.34. The maximum atomic E-state index is 12.6. The van der Waals surface area contributed by atoms with Gasteiger partial charge in [-0.2, -0.15) is 0 Å². The van der Waals surface area contributed by atoms with E-state index in [0.717, 1.165) is 24.0 Å². The number of amides is 2. The van der Waals surface area contributed by atoms with Crippen LogP contribution in [0.25, 0.3) is 0 Å². The normalized spacial score (nSPS) is 15.2. The molecule has 0 fully saturated rings. The standard InChI is InChI=1S/C23H28N2O5/c1-23(2,3)30-21(26)24-20-13-7-15-6-10-18(14-19(15)20)29-22(27)25(4)16-8-11-17(28-5)12-9-16/h6,8-12,14,20H,7,13H2,1-5H3,(H,24,26). The van der Waals surface area contributed by atoms with Crippen LogP contribution in [0.15, 0.2) is 42.5 Å². The van der Waals surface area contributed by atoms with Gasteiger partial charge in [0.1, 0.15) is 17.1 Å². The van der Waals surface area contributed by atoms with Crippen molar-refractivity contribution >= 4 is 17.9 Å². The Morgan fingerprint density at radius 2 is 1.73 bits per heavy atom. The molecular weight excluding hydrogens is 384 g/mol. The topological polar surface area (TPSA) is 77.1 Å². The highest BCUT2D eigenvalue weighted by molar-refractivity contribution is 5.88. The van der Waals surface area contributed by atoms with E-state index >= 15 is 0 Å². The SMILES string of the molecule is COc1ccc(N(C)C(=O)Oc2ccc3c(c2)C(NC(=O)OC(C)(C)C)CC3)cc1. The minimum Gasteiger partial charge on any atom is -0.497 e. The Hall–Kier alpha value is -3.22. The van der Waals surface area contributed by atoms with E-state index in [-0.39, 0.29) is 6.04 Å². The summed E-state index contributed by atoms with van der Waals surface area (Å²) in [6.45, 7) is 5.48. The van der Waals surface area contributed by atoms with Crippen molar-refractivity contribution in [3.05, 3.63) is 53.6 Å². The minimum atomic E-state index is -0.561. The number of carbonyl (C=O) groups excluding carboxylic acids is 2. The predicted molar refractivity (Wildman–Crippen MR) is 114 cm³/mol. The molecular formula is C23H28N2O5. The molecule has 0 spiro atoms. The molecule has 2 aromatic rings. The lowest BCUT2D eigenvalue weighted by Crippen LogP contribution is -2.34. The summed E-state index contributed by atoms with van der Waals surface area (Å²) >= 11 is 0. The first-order valence-electron chi connectivity index (χ1n) is 9.88. The van der Waals surface area contributed by atoms with Gasteiger partial charge in [0.15, 0.2) is 0 Å². The summed E-state index contributed by atoms with van der Waals surface area (Å²) in [6.07, 6.45) is 0.657. The number of nitrogens with zero attached hydrogens (tertiary/aromatic N) is 1. The number of carbonyl (C=O) groups is 2. The first kappa shape index (κ1) is 21.5. The predicted octanol–water partition coefficient (Wildman–Crippen LogP) is 4.84. The first-order chi connectivity index (χ1) is 14.2. The fourth-order valence-corrected chi connectivity index (χ4v) is 3.32. The number of anilines is 1. The summed E-state index contributed by atoms with van der Waals surface area (Å²) < 4.78 is 16.1. The molecule has 1 atom stereocenters. The van der Waals surface area contributed by atoms with Crippen molar-refractivity contribution in [2.24, 2.45) is 0 Å². The molecule has 0 aromatic heterocycles. The van der Waals surface area contributed by atoms with Crippen molar-refractivity contribution < 1.29 is 23.8 Å². The van der Waals surface area contributed by atoms with Crippen molar-refractivity contribution in [2.45, 2.75) is 45.3 Å². The first-order valence-corrected chi connectivity index (χ1v) is 9.88. The molecule has 1 aliphatic carbocycles. The van der Waals surface area contributed by atoms with Crippen LogP contribution in [-0.2, 0) is 11.2 Å². The molecule has 30 heavy (non-hydrogen) atoms. The third kappa shape index (κ3) is 5.23. The van der Waals surface area contributed by atoms with Crippen molar-refractivity contribution in [1.29, 1.82) is 0 Å². The molecule has 3 rings (SSSR count). The number of fused-ring (bicyclic) bond motifs is 1. The van der Waals surface area contributed by atoms with Crippen LogP contribution in [0.3, 0.4) is 0 Å². The quantitative estimate of drug-likeness (QED) is 0.777. The highest BCUT2D eigenvalue weighted by Gasteiger charge is 2.27. The van der Waals surface area contributed by atoms with E-state index in [9.17, 15) is 9.59 Å². The maximum absolute atomic E-state index is 12.6. The minimum absolute atomic E-state index is 0.173. The van der Waals surface area contributed by atoms with Crippen molar-refractivity contribution in [3.63, 3.8) is 0 Å². The zero-order valence-electron chi connectivity index (χ0n) is 18.0. The van der Waals surface area contributed by atoms with E-state index in [0.29, 0.717) is 17.2 Å². The third-order valence-electron chi connectivity index (χ3n) is 4.82. The third-order valence-corrected chi connectivity index (χ3v) is 4.82. The zero-order chi connectivity index (χ0) is 21.9. The van der Waals surface area contributed by atoms with Gasteiger partial charge in [-0.3, -0.25) is 4.90 Å². The van der Waals surface area contributed by atoms with Crippen LogP contribution in [-0.4, -0.2) is 31.9 Å². The van der Waals surface area contributed by atoms with E-state index in [1.165, 1.54) is 4.90 Å². The van der Waals surface area contributed by atoms with E-state index in [2.05, 4.69) is 5.32 Å². The van der Waals surface area contributed by atoms with E-state index < -0.39 is 17.8 Å². The number of hydrogen-bond acceptors (Lipinski definition) is 5. The molecule has 0 bridgehead atoms. The van der Waals surface area contributed by atoms with Crippen LogP contribution >= 0.6 is 0 Å². The summed E-state index contributed by atoms with van der Waals surface area (Å²) in [5.74, 6) is 1.14. The second-order valence-corrected chi connectivity index (χ2v) is 8.22. The Balaban J connectivity index is 1.68. The smallest absolute Gasteiger partial charge is 0.419 e. The van der Waals surface area contributed by atoms with Gasteiger partial charge in [0.2, 0.25) is 0 Å². The zero-order valence-corrected chi connectivity index (χ0v) is 18.0. The molecule has 1 unspecified atom stereocenters. The van der Waals surface area contributed by atoms with Gasteiger partial charge in [-0.25, -0.2) is 9.59 Å². The number of hydrogen-bond donors (Lipinski definition) is 1. The molecule has 0 radical (unpaired) electrons. The fraction of sp³-hybridized carbons (Fsp3) is 0.391. The molecule has 1 N–H and O–H groups in total. The van der Waals surface area contributed by atoms with Gasteiger partial charge in [0, 0.05) is 12.7 Å². The number of rotatable bonds is 4. The number of methoxy groups -OCH3 is 1. The Morgan fingerprint density at radius 3 is 2.37 bits per heavy atom. The average molecular weight is 412 g/mol. The van der Waals surface area contributed by atoms with Crippen molar-refractivity contribution in [3.8, 4) is 11.5 Å². The number of benzene rings is 2. The molecule has 1 aliphatic rings.